The van der Waals surface area contributed by atoms with Gasteiger partial charge in [0.2, 0.25) is 10.0 Å². The van der Waals surface area contributed by atoms with Crippen LogP contribution in [-0.4, -0.2) is 55.0 Å². The van der Waals surface area contributed by atoms with Crippen molar-refractivity contribution in [2.75, 3.05) is 31.1 Å². The van der Waals surface area contributed by atoms with Crippen LogP contribution in [0.3, 0.4) is 0 Å². The van der Waals surface area contributed by atoms with Crippen LogP contribution in [0, 0.1) is 0 Å². The summed E-state index contributed by atoms with van der Waals surface area (Å²) in [7, 11) is -3.57. The number of rotatable bonds is 7. The van der Waals surface area contributed by atoms with Crippen LogP contribution in [0.1, 0.15) is 20.8 Å². The predicted molar refractivity (Wildman–Crippen MR) is 123 cm³/mol. The van der Waals surface area contributed by atoms with Crippen molar-refractivity contribution in [3.63, 3.8) is 0 Å². The average molecular weight is 473 g/mol. The maximum absolute atomic E-state index is 13.1. The molecule has 4 rings (SSSR count). The molecule has 168 valence electrons. The minimum atomic E-state index is -3.57. The van der Waals surface area contributed by atoms with Gasteiger partial charge in [-0.1, -0.05) is 53.8 Å². The third-order valence-corrected chi connectivity index (χ3v) is 8.40. The Morgan fingerprint density at radius 2 is 1.59 bits per heavy atom. The molecule has 2 aromatic carbocycles. The molecule has 1 aliphatic heterocycles. The Bertz CT molecular complexity index is 1160. The maximum atomic E-state index is 13.1. The number of aromatic nitrogens is 1. The van der Waals surface area contributed by atoms with E-state index in [4.69, 9.17) is 5.21 Å². The quantitative estimate of drug-likeness (QED) is 0.405. The van der Waals surface area contributed by atoms with Gasteiger partial charge in [0.1, 0.15) is 4.88 Å². The number of nitrogens with one attached hydrogen (secondary N) is 1. The molecule has 0 atom stereocenters. The van der Waals surface area contributed by atoms with Gasteiger partial charge in [-0.25, -0.2) is 18.9 Å². The second-order valence-electron chi connectivity index (χ2n) is 7.47. The zero-order chi connectivity index (χ0) is 22.6. The number of nitrogens with zero attached hydrogens (tertiary/aromatic N) is 3. The summed E-state index contributed by atoms with van der Waals surface area (Å²) in [6.07, 6.45) is 3.16. The predicted octanol–water partition coefficient (Wildman–Crippen LogP) is 2.56. The first-order chi connectivity index (χ1) is 15.5. The standard InChI is InChI=1S/C22H24N4O4S2/c27-21(24-28)20-16-23-22(31-20)25-12-14-26(15-13-25)32(29,30)19-10-8-18(9-11-19)7-6-17-4-2-1-3-5-17/h1-5,8-11,16,28H,6-7,12-15H2,(H,24,27). The molecular weight excluding hydrogens is 448 g/mol. The van der Waals surface area contributed by atoms with Crippen molar-refractivity contribution in [1.82, 2.24) is 14.8 Å². The molecular formula is C22H24N4O4S2. The number of hydroxylamine groups is 1. The number of carbonyl (C=O) groups excluding carboxylic acids is 1. The van der Waals surface area contributed by atoms with Crippen LogP contribution in [0.15, 0.2) is 65.7 Å². The van der Waals surface area contributed by atoms with Crippen LogP contribution >= 0.6 is 11.3 Å². The number of aryl methyl sites for hydroxylation is 2. The van der Waals surface area contributed by atoms with Crippen LogP contribution in [0.2, 0.25) is 0 Å². The highest BCUT2D eigenvalue weighted by molar-refractivity contribution is 7.89. The van der Waals surface area contributed by atoms with Gasteiger partial charge < -0.3 is 4.90 Å². The molecule has 2 heterocycles. The van der Waals surface area contributed by atoms with Crippen molar-refractivity contribution < 1.29 is 18.4 Å². The lowest BCUT2D eigenvalue weighted by Gasteiger charge is -2.33. The van der Waals surface area contributed by atoms with Crippen LogP contribution in [-0.2, 0) is 22.9 Å². The molecule has 32 heavy (non-hydrogen) atoms. The number of piperazine rings is 1. The fraction of sp³-hybridized carbons (Fsp3) is 0.273. The molecule has 0 bridgehead atoms. The average Bonchev–Trinajstić information content (AvgIpc) is 3.34. The molecule has 3 aromatic rings. The van der Waals surface area contributed by atoms with E-state index in [-0.39, 0.29) is 0 Å². The molecule has 1 amide bonds. The molecule has 10 heteroatoms. The van der Waals surface area contributed by atoms with Gasteiger partial charge in [-0.15, -0.1) is 0 Å². The third-order valence-electron chi connectivity index (χ3n) is 5.43. The molecule has 0 saturated carbocycles. The summed E-state index contributed by atoms with van der Waals surface area (Å²) in [6.45, 7) is 1.61. The van der Waals surface area contributed by atoms with E-state index in [1.165, 1.54) is 16.1 Å². The summed E-state index contributed by atoms with van der Waals surface area (Å²) in [4.78, 5) is 18.2. The fourth-order valence-corrected chi connectivity index (χ4v) is 5.88. The van der Waals surface area contributed by atoms with Crippen molar-refractivity contribution in [2.24, 2.45) is 0 Å². The zero-order valence-corrected chi connectivity index (χ0v) is 19.0. The van der Waals surface area contributed by atoms with E-state index < -0.39 is 15.9 Å². The lowest BCUT2D eigenvalue weighted by Crippen LogP contribution is -2.48. The van der Waals surface area contributed by atoms with E-state index in [1.54, 1.807) is 17.6 Å². The Morgan fingerprint density at radius 1 is 0.969 bits per heavy atom. The van der Waals surface area contributed by atoms with Gasteiger partial charge in [0.25, 0.3) is 5.91 Å². The summed E-state index contributed by atoms with van der Waals surface area (Å²) in [6, 6.07) is 17.3. The number of carbonyl (C=O) groups is 1. The Labute approximate surface area is 191 Å². The second-order valence-corrected chi connectivity index (χ2v) is 10.4. The van der Waals surface area contributed by atoms with E-state index in [2.05, 4.69) is 17.1 Å². The number of anilines is 1. The maximum Gasteiger partial charge on any atom is 0.286 e. The molecule has 0 radical (unpaired) electrons. The van der Waals surface area contributed by atoms with Crippen molar-refractivity contribution in [1.29, 1.82) is 0 Å². The number of thiazole rings is 1. The van der Waals surface area contributed by atoms with Crippen molar-refractivity contribution in [3.05, 3.63) is 76.8 Å². The number of sulfonamides is 1. The van der Waals surface area contributed by atoms with Crippen LogP contribution in [0.25, 0.3) is 0 Å². The lowest BCUT2D eigenvalue weighted by atomic mass is 10.0. The highest BCUT2D eigenvalue weighted by atomic mass is 32.2. The SMILES string of the molecule is O=C(NO)c1cnc(N2CCN(S(=O)(=O)c3ccc(CCc4ccccc4)cc3)CC2)s1. The molecule has 1 aromatic heterocycles. The van der Waals surface area contributed by atoms with E-state index in [0.29, 0.717) is 41.1 Å². The first-order valence-electron chi connectivity index (χ1n) is 10.3. The molecule has 1 aliphatic rings. The Hall–Kier alpha value is -2.79. The topological polar surface area (TPSA) is 103 Å². The van der Waals surface area contributed by atoms with E-state index in [9.17, 15) is 13.2 Å². The van der Waals surface area contributed by atoms with Crippen LogP contribution < -0.4 is 10.4 Å². The molecule has 0 unspecified atom stereocenters. The normalized spacial score (nSPS) is 15.0. The summed E-state index contributed by atoms with van der Waals surface area (Å²) in [5.41, 5.74) is 3.95. The van der Waals surface area contributed by atoms with E-state index in [0.717, 1.165) is 29.7 Å². The molecule has 0 aliphatic carbocycles. The monoisotopic (exact) mass is 472 g/mol. The molecule has 2 N–H and O–H groups in total. The Balaban J connectivity index is 1.35. The first kappa shape index (κ1) is 22.4. The first-order valence-corrected chi connectivity index (χ1v) is 12.5. The van der Waals surface area contributed by atoms with E-state index >= 15 is 0 Å². The fourth-order valence-electron chi connectivity index (χ4n) is 3.60. The lowest BCUT2D eigenvalue weighted by molar-refractivity contribution is 0.0710. The van der Waals surface area contributed by atoms with E-state index in [1.807, 2.05) is 35.2 Å². The number of hydrogen-bond donors (Lipinski definition) is 2. The van der Waals surface area contributed by atoms with Gasteiger partial charge in [0.05, 0.1) is 11.1 Å². The van der Waals surface area contributed by atoms with Gasteiger partial charge in [-0.2, -0.15) is 4.31 Å². The molecule has 0 spiro atoms. The third kappa shape index (κ3) is 4.99. The molecule has 1 fully saturated rings. The number of hydrogen-bond acceptors (Lipinski definition) is 7. The summed E-state index contributed by atoms with van der Waals surface area (Å²) in [5, 5.41) is 9.36. The van der Waals surface area contributed by atoms with Crippen LogP contribution in [0.5, 0.6) is 0 Å². The second kappa shape index (κ2) is 9.78. The Kier molecular flexibility index (Phi) is 6.85. The Morgan fingerprint density at radius 3 is 2.22 bits per heavy atom. The summed E-state index contributed by atoms with van der Waals surface area (Å²) in [5.74, 6) is -0.609. The van der Waals surface area contributed by atoms with Gasteiger partial charge in [-0.3, -0.25) is 10.0 Å². The van der Waals surface area contributed by atoms with Crippen molar-refractivity contribution in [3.8, 4) is 0 Å². The van der Waals surface area contributed by atoms with Crippen molar-refractivity contribution in [2.45, 2.75) is 17.7 Å². The summed E-state index contributed by atoms with van der Waals surface area (Å²) >= 11 is 1.16. The minimum Gasteiger partial charge on any atom is -0.345 e. The molecule has 1 saturated heterocycles. The van der Waals surface area contributed by atoms with Crippen LogP contribution in [0.4, 0.5) is 5.13 Å². The number of amides is 1. The van der Waals surface area contributed by atoms with Gasteiger partial charge in [0.15, 0.2) is 5.13 Å². The summed E-state index contributed by atoms with van der Waals surface area (Å²) < 4.78 is 27.6. The van der Waals surface area contributed by atoms with Gasteiger partial charge in [0, 0.05) is 26.2 Å². The zero-order valence-electron chi connectivity index (χ0n) is 17.3. The highest BCUT2D eigenvalue weighted by Crippen LogP contribution is 2.25. The van der Waals surface area contributed by atoms with Crippen molar-refractivity contribution >= 4 is 32.4 Å². The smallest absolute Gasteiger partial charge is 0.286 e. The van der Waals surface area contributed by atoms with Gasteiger partial charge in [-0.05, 0) is 36.1 Å². The largest absolute Gasteiger partial charge is 0.345 e. The number of benzene rings is 2. The minimum absolute atomic E-state index is 0.296. The molecule has 8 nitrogen and oxygen atoms in total. The highest BCUT2D eigenvalue weighted by Gasteiger charge is 2.29. The van der Waals surface area contributed by atoms with Gasteiger partial charge >= 0.3 is 0 Å².